The zero-order valence-electron chi connectivity index (χ0n) is 16.8. The highest BCUT2D eigenvalue weighted by atomic mass is 19.1. The zero-order valence-corrected chi connectivity index (χ0v) is 16.8. The minimum atomic E-state index is -0.441. The highest BCUT2D eigenvalue weighted by Gasteiger charge is 2.40. The number of imide groups is 1. The molecule has 0 aromatic heterocycles. The zero-order chi connectivity index (χ0) is 21.3. The van der Waals surface area contributed by atoms with Crippen LogP contribution in [0.15, 0.2) is 78.5 Å². The Morgan fingerprint density at radius 2 is 1.47 bits per heavy atom. The van der Waals surface area contributed by atoms with Crippen molar-refractivity contribution in [3.05, 3.63) is 101 Å². The Kier molecular flexibility index (Phi) is 5.19. The standard InChI is InChI=1S/C25H21FN2O2/c1-3-17-6-14-21(15-7-17)28-24(29)22(18-8-4-16(2)5-9-18)23(25(28)30)27-20-12-10-19(26)11-13-20/h4-15,27H,3H2,1-2H3. The lowest BCUT2D eigenvalue weighted by Gasteiger charge is -2.16. The molecule has 0 saturated carbocycles. The summed E-state index contributed by atoms with van der Waals surface area (Å²) in [5.41, 5.74) is 4.34. The van der Waals surface area contributed by atoms with Crippen LogP contribution in [0.25, 0.3) is 5.57 Å². The number of carbonyl (C=O) groups is 2. The molecule has 2 amide bonds. The molecule has 0 spiro atoms. The molecule has 0 atom stereocenters. The maximum Gasteiger partial charge on any atom is 0.282 e. The van der Waals surface area contributed by atoms with Crippen molar-refractivity contribution < 1.29 is 14.0 Å². The number of hydrogen-bond donors (Lipinski definition) is 1. The summed E-state index contributed by atoms with van der Waals surface area (Å²) in [7, 11) is 0. The van der Waals surface area contributed by atoms with Crippen molar-refractivity contribution in [3.63, 3.8) is 0 Å². The molecule has 0 bridgehead atoms. The molecule has 0 radical (unpaired) electrons. The van der Waals surface area contributed by atoms with Crippen LogP contribution in [0, 0.1) is 12.7 Å². The Balaban J connectivity index is 1.78. The van der Waals surface area contributed by atoms with Gasteiger partial charge in [0.2, 0.25) is 0 Å². The third-order valence-electron chi connectivity index (χ3n) is 5.14. The highest BCUT2D eigenvalue weighted by Crippen LogP contribution is 2.34. The topological polar surface area (TPSA) is 49.4 Å². The minimum Gasteiger partial charge on any atom is -0.350 e. The van der Waals surface area contributed by atoms with Gasteiger partial charge in [0.15, 0.2) is 0 Å². The van der Waals surface area contributed by atoms with Crippen LogP contribution in [0.4, 0.5) is 15.8 Å². The van der Waals surface area contributed by atoms with Crippen LogP contribution in [0.5, 0.6) is 0 Å². The van der Waals surface area contributed by atoms with E-state index in [2.05, 4.69) is 5.32 Å². The minimum absolute atomic E-state index is 0.176. The Labute approximate surface area is 174 Å². The van der Waals surface area contributed by atoms with E-state index in [4.69, 9.17) is 0 Å². The molecule has 1 aliphatic heterocycles. The molecule has 4 rings (SSSR count). The van der Waals surface area contributed by atoms with Gasteiger partial charge in [-0.15, -0.1) is 0 Å². The van der Waals surface area contributed by atoms with Crippen molar-refractivity contribution in [3.8, 4) is 0 Å². The van der Waals surface area contributed by atoms with E-state index in [0.717, 1.165) is 17.5 Å². The number of aryl methyl sites for hydroxylation is 2. The first-order valence-electron chi connectivity index (χ1n) is 9.79. The normalized spacial score (nSPS) is 13.9. The molecule has 1 aliphatic rings. The molecule has 0 fully saturated rings. The van der Waals surface area contributed by atoms with E-state index in [-0.39, 0.29) is 11.5 Å². The number of anilines is 2. The second-order valence-electron chi connectivity index (χ2n) is 7.21. The summed E-state index contributed by atoms with van der Waals surface area (Å²) >= 11 is 0. The largest absolute Gasteiger partial charge is 0.350 e. The number of halogens is 1. The molecule has 5 heteroatoms. The monoisotopic (exact) mass is 400 g/mol. The Morgan fingerprint density at radius 1 is 0.833 bits per heavy atom. The average molecular weight is 400 g/mol. The lowest BCUT2D eigenvalue weighted by molar-refractivity contribution is -0.120. The Bertz CT molecular complexity index is 1130. The number of nitrogens with one attached hydrogen (secondary N) is 1. The average Bonchev–Trinajstić information content (AvgIpc) is 3.00. The Morgan fingerprint density at radius 3 is 2.07 bits per heavy atom. The van der Waals surface area contributed by atoms with Crippen LogP contribution >= 0.6 is 0 Å². The number of carbonyl (C=O) groups excluding carboxylic acids is 2. The van der Waals surface area contributed by atoms with Gasteiger partial charge in [0.05, 0.1) is 11.3 Å². The smallest absolute Gasteiger partial charge is 0.282 e. The van der Waals surface area contributed by atoms with Gasteiger partial charge in [0.25, 0.3) is 11.8 Å². The van der Waals surface area contributed by atoms with Crippen LogP contribution in [-0.4, -0.2) is 11.8 Å². The van der Waals surface area contributed by atoms with Gasteiger partial charge in [0, 0.05) is 5.69 Å². The van der Waals surface area contributed by atoms with Gasteiger partial charge in [-0.2, -0.15) is 0 Å². The maximum absolute atomic E-state index is 13.4. The third-order valence-corrected chi connectivity index (χ3v) is 5.14. The number of benzene rings is 3. The lowest BCUT2D eigenvalue weighted by atomic mass is 10.0. The summed E-state index contributed by atoms with van der Waals surface area (Å²) in [5.74, 6) is -1.21. The van der Waals surface area contributed by atoms with Crippen molar-refractivity contribution >= 4 is 28.8 Å². The summed E-state index contributed by atoms with van der Waals surface area (Å²) in [6.07, 6.45) is 0.867. The lowest BCUT2D eigenvalue weighted by Crippen LogP contribution is -2.32. The van der Waals surface area contributed by atoms with Gasteiger partial charge in [-0.3, -0.25) is 9.59 Å². The molecule has 1 N–H and O–H groups in total. The molecule has 0 aliphatic carbocycles. The van der Waals surface area contributed by atoms with Crippen LogP contribution in [-0.2, 0) is 16.0 Å². The van der Waals surface area contributed by atoms with Crippen LogP contribution in [0.1, 0.15) is 23.6 Å². The number of rotatable bonds is 5. The fraction of sp³-hybridized carbons (Fsp3) is 0.120. The van der Waals surface area contributed by atoms with E-state index in [1.807, 2.05) is 50.2 Å². The van der Waals surface area contributed by atoms with Gasteiger partial charge in [0.1, 0.15) is 11.5 Å². The number of hydrogen-bond acceptors (Lipinski definition) is 3. The summed E-state index contributed by atoms with van der Waals surface area (Å²) in [5, 5.41) is 3.03. The van der Waals surface area contributed by atoms with E-state index in [1.165, 1.54) is 29.2 Å². The summed E-state index contributed by atoms with van der Waals surface area (Å²) < 4.78 is 13.3. The fourth-order valence-corrected chi connectivity index (χ4v) is 3.43. The van der Waals surface area contributed by atoms with E-state index in [0.29, 0.717) is 22.5 Å². The number of nitrogens with zero attached hydrogens (tertiary/aromatic N) is 1. The van der Waals surface area contributed by atoms with Gasteiger partial charge >= 0.3 is 0 Å². The van der Waals surface area contributed by atoms with Crippen LogP contribution in [0.2, 0.25) is 0 Å². The second-order valence-corrected chi connectivity index (χ2v) is 7.21. The Hall–Kier alpha value is -3.73. The maximum atomic E-state index is 13.4. The molecule has 3 aromatic carbocycles. The van der Waals surface area contributed by atoms with E-state index >= 15 is 0 Å². The van der Waals surface area contributed by atoms with Gasteiger partial charge in [-0.25, -0.2) is 9.29 Å². The molecule has 1 heterocycles. The van der Waals surface area contributed by atoms with Gasteiger partial charge in [-0.1, -0.05) is 48.9 Å². The summed E-state index contributed by atoms with van der Waals surface area (Å²) in [6.45, 7) is 4.00. The predicted octanol–water partition coefficient (Wildman–Crippen LogP) is 5.09. The molecular weight excluding hydrogens is 379 g/mol. The summed E-state index contributed by atoms with van der Waals surface area (Å²) in [4.78, 5) is 27.8. The van der Waals surface area contributed by atoms with Crippen molar-refractivity contribution in [1.29, 1.82) is 0 Å². The van der Waals surface area contributed by atoms with Crippen LogP contribution < -0.4 is 10.2 Å². The quantitative estimate of drug-likeness (QED) is 0.607. The van der Waals surface area contributed by atoms with Gasteiger partial charge < -0.3 is 5.32 Å². The van der Waals surface area contributed by atoms with E-state index in [1.54, 1.807) is 12.1 Å². The molecule has 30 heavy (non-hydrogen) atoms. The first kappa shape index (κ1) is 19.6. The molecule has 4 nitrogen and oxygen atoms in total. The first-order chi connectivity index (χ1) is 14.5. The van der Waals surface area contributed by atoms with Crippen LogP contribution in [0.3, 0.4) is 0 Å². The molecular formula is C25H21FN2O2. The molecule has 0 unspecified atom stereocenters. The third kappa shape index (κ3) is 3.62. The SMILES string of the molecule is CCc1ccc(N2C(=O)C(Nc3ccc(F)cc3)=C(c3ccc(C)cc3)C2=O)cc1. The van der Waals surface area contributed by atoms with Crippen molar-refractivity contribution in [1.82, 2.24) is 0 Å². The molecule has 0 saturated heterocycles. The van der Waals surface area contributed by atoms with Gasteiger partial charge in [-0.05, 0) is 60.9 Å². The fourth-order valence-electron chi connectivity index (χ4n) is 3.43. The molecule has 3 aromatic rings. The van der Waals surface area contributed by atoms with Crippen molar-refractivity contribution in [2.75, 3.05) is 10.2 Å². The van der Waals surface area contributed by atoms with Crippen molar-refractivity contribution in [2.45, 2.75) is 20.3 Å². The second kappa shape index (κ2) is 7.95. The van der Waals surface area contributed by atoms with Crippen molar-refractivity contribution in [2.24, 2.45) is 0 Å². The van der Waals surface area contributed by atoms with E-state index < -0.39 is 11.8 Å². The summed E-state index contributed by atoms with van der Waals surface area (Å²) in [6, 6.07) is 20.5. The first-order valence-corrected chi connectivity index (χ1v) is 9.79. The molecule has 150 valence electrons. The van der Waals surface area contributed by atoms with E-state index in [9.17, 15) is 14.0 Å². The number of amides is 2. The highest BCUT2D eigenvalue weighted by molar-refractivity contribution is 6.46. The predicted molar refractivity (Wildman–Crippen MR) is 116 cm³/mol.